The van der Waals surface area contributed by atoms with E-state index in [-0.39, 0.29) is 11.8 Å². The van der Waals surface area contributed by atoms with Crippen molar-refractivity contribution < 1.29 is 19.1 Å². The summed E-state index contributed by atoms with van der Waals surface area (Å²) < 4.78 is 6.02. The fourth-order valence-electron chi connectivity index (χ4n) is 5.39. The summed E-state index contributed by atoms with van der Waals surface area (Å²) in [6, 6.07) is 15.3. The summed E-state index contributed by atoms with van der Waals surface area (Å²) in [4.78, 5) is 39.2. The van der Waals surface area contributed by atoms with Crippen LogP contribution in [0.25, 0.3) is 0 Å². The van der Waals surface area contributed by atoms with Crippen LogP contribution in [0.4, 0.5) is 0 Å². The molecule has 4 aliphatic rings. The van der Waals surface area contributed by atoms with E-state index in [1.165, 1.54) is 6.92 Å². The maximum atomic E-state index is 13.5. The van der Waals surface area contributed by atoms with Crippen LogP contribution < -0.4 is 0 Å². The van der Waals surface area contributed by atoms with Crippen LogP contribution in [0.15, 0.2) is 53.6 Å². The highest BCUT2D eigenvalue weighted by molar-refractivity contribution is 6.08. The Kier molecular flexibility index (Phi) is 3.60. The number of carbonyl (C=O) groups excluding carboxylic acids is 3. The Morgan fingerprint density at radius 3 is 2.00 bits per heavy atom. The second-order valence-corrected chi connectivity index (χ2v) is 8.02. The normalized spacial score (nSPS) is 28.5. The van der Waals surface area contributed by atoms with E-state index in [4.69, 9.17) is 4.74 Å². The van der Waals surface area contributed by atoms with Crippen molar-refractivity contribution in [3.8, 4) is 0 Å². The standard InChI is InChI=1S/C23H20N2O4/c1-12(2)24-25-21(27)19-18-14-8-4-6-10-16(14)23(29-13(3)26,20(19)22(25)28)17-11-7-5-9-15(17)18/h4-11,18-20H,1-3H3/t18?,19-,20+,23?/m0/s1. The number of hydrogen-bond donors (Lipinski definition) is 0. The van der Waals surface area contributed by atoms with Crippen molar-refractivity contribution >= 4 is 23.5 Å². The molecule has 6 rings (SSSR count). The lowest BCUT2D eigenvalue weighted by atomic mass is 9.52. The lowest BCUT2D eigenvalue weighted by Crippen LogP contribution is -2.55. The summed E-state index contributed by atoms with van der Waals surface area (Å²) in [7, 11) is 0. The quantitative estimate of drug-likeness (QED) is 0.450. The smallest absolute Gasteiger partial charge is 0.303 e. The van der Waals surface area contributed by atoms with Gasteiger partial charge in [-0.1, -0.05) is 48.5 Å². The highest BCUT2D eigenvalue weighted by Gasteiger charge is 2.70. The molecule has 0 aromatic heterocycles. The molecule has 1 fully saturated rings. The number of carbonyl (C=O) groups is 3. The van der Waals surface area contributed by atoms with Gasteiger partial charge in [0.25, 0.3) is 11.8 Å². The minimum atomic E-state index is -1.34. The molecule has 2 aromatic rings. The molecule has 1 heterocycles. The highest BCUT2D eigenvalue weighted by Crippen LogP contribution is 2.64. The average molecular weight is 388 g/mol. The number of nitrogens with zero attached hydrogens (tertiary/aromatic N) is 2. The molecular weight excluding hydrogens is 368 g/mol. The van der Waals surface area contributed by atoms with Gasteiger partial charge in [0.1, 0.15) is 5.92 Å². The Bertz CT molecular complexity index is 1070. The predicted octanol–water partition coefficient (Wildman–Crippen LogP) is 2.95. The van der Waals surface area contributed by atoms with Crippen LogP contribution in [0.2, 0.25) is 0 Å². The zero-order valence-electron chi connectivity index (χ0n) is 16.4. The van der Waals surface area contributed by atoms with Gasteiger partial charge in [0.2, 0.25) is 0 Å². The molecular formula is C23H20N2O4. The third kappa shape index (κ3) is 2.11. The number of imide groups is 1. The van der Waals surface area contributed by atoms with Gasteiger partial charge in [-0.05, 0) is 25.0 Å². The van der Waals surface area contributed by atoms with Gasteiger partial charge >= 0.3 is 5.97 Å². The van der Waals surface area contributed by atoms with E-state index in [0.29, 0.717) is 5.71 Å². The van der Waals surface area contributed by atoms with Crippen molar-refractivity contribution in [2.45, 2.75) is 32.3 Å². The van der Waals surface area contributed by atoms with Crippen LogP contribution in [0.3, 0.4) is 0 Å². The molecule has 3 aliphatic carbocycles. The molecule has 2 aromatic carbocycles. The zero-order valence-corrected chi connectivity index (χ0v) is 16.4. The van der Waals surface area contributed by atoms with E-state index in [2.05, 4.69) is 5.10 Å². The minimum absolute atomic E-state index is 0.279. The van der Waals surface area contributed by atoms with Crippen LogP contribution in [-0.2, 0) is 24.7 Å². The van der Waals surface area contributed by atoms with Crippen LogP contribution >= 0.6 is 0 Å². The topological polar surface area (TPSA) is 76.0 Å². The summed E-state index contributed by atoms with van der Waals surface area (Å²) in [5.74, 6) is -3.03. The van der Waals surface area contributed by atoms with Gasteiger partial charge in [-0.25, -0.2) is 0 Å². The van der Waals surface area contributed by atoms with Gasteiger partial charge in [-0.2, -0.15) is 10.1 Å². The Hall–Kier alpha value is -3.28. The molecule has 29 heavy (non-hydrogen) atoms. The fraction of sp³-hybridized carbons (Fsp3) is 0.304. The number of rotatable bonds is 2. The Balaban J connectivity index is 1.87. The number of hydrazone groups is 1. The molecule has 1 aliphatic heterocycles. The number of amides is 2. The number of ether oxygens (including phenoxy) is 1. The Morgan fingerprint density at radius 2 is 1.48 bits per heavy atom. The van der Waals surface area contributed by atoms with E-state index in [1.54, 1.807) is 13.8 Å². The molecule has 146 valence electrons. The second kappa shape index (κ2) is 5.86. The Labute approximate surface area is 168 Å². The van der Waals surface area contributed by atoms with Gasteiger partial charge in [0.15, 0.2) is 5.60 Å². The summed E-state index contributed by atoms with van der Waals surface area (Å²) in [5, 5.41) is 5.19. The van der Waals surface area contributed by atoms with E-state index in [1.807, 2.05) is 48.5 Å². The third-order valence-corrected chi connectivity index (χ3v) is 6.12. The van der Waals surface area contributed by atoms with Gasteiger partial charge in [0.05, 0.1) is 5.92 Å². The summed E-state index contributed by atoms with van der Waals surface area (Å²) in [5.41, 5.74) is 2.68. The molecule has 2 atom stereocenters. The van der Waals surface area contributed by atoms with Crippen molar-refractivity contribution in [1.82, 2.24) is 5.01 Å². The summed E-state index contributed by atoms with van der Waals surface area (Å²) in [6.45, 7) is 4.81. The minimum Gasteiger partial charge on any atom is -0.448 e. The van der Waals surface area contributed by atoms with E-state index >= 15 is 0 Å². The molecule has 0 N–H and O–H groups in total. The summed E-state index contributed by atoms with van der Waals surface area (Å²) >= 11 is 0. The van der Waals surface area contributed by atoms with E-state index in [9.17, 15) is 14.4 Å². The Morgan fingerprint density at radius 1 is 0.931 bits per heavy atom. The van der Waals surface area contributed by atoms with Crippen LogP contribution in [-0.4, -0.2) is 28.5 Å². The molecule has 6 heteroatoms. The first-order valence-corrected chi connectivity index (χ1v) is 9.66. The number of esters is 1. The van der Waals surface area contributed by atoms with Crippen LogP contribution in [0.1, 0.15) is 48.9 Å². The SMILES string of the molecule is CC(=O)OC12c3ccccc3C(c3ccccc31)[C@@H]1C(=O)N(N=C(C)C)C(=O)[C@@H]12. The fourth-order valence-corrected chi connectivity index (χ4v) is 5.39. The maximum absolute atomic E-state index is 13.5. The van der Waals surface area contributed by atoms with Crippen molar-refractivity contribution in [3.05, 3.63) is 70.8 Å². The number of hydrogen-bond acceptors (Lipinski definition) is 5. The second-order valence-electron chi connectivity index (χ2n) is 8.02. The van der Waals surface area contributed by atoms with Gasteiger partial charge < -0.3 is 4.74 Å². The molecule has 1 saturated heterocycles. The van der Waals surface area contributed by atoms with Crippen LogP contribution in [0.5, 0.6) is 0 Å². The van der Waals surface area contributed by atoms with Crippen LogP contribution in [0, 0.1) is 11.8 Å². The van der Waals surface area contributed by atoms with Gasteiger partial charge in [-0.3, -0.25) is 14.4 Å². The molecule has 0 spiro atoms. The van der Waals surface area contributed by atoms with Crippen molar-refractivity contribution in [2.24, 2.45) is 16.9 Å². The first-order valence-electron chi connectivity index (χ1n) is 9.66. The monoisotopic (exact) mass is 388 g/mol. The van der Waals surface area contributed by atoms with Crippen molar-refractivity contribution in [3.63, 3.8) is 0 Å². The van der Waals surface area contributed by atoms with Crippen molar-refractivity contribution in [1.29, 1.82) is 0 Å². The maximum Gasteiger partial charge on any atom is 0.303 e. The molecule has 2 amide bonds. The number of benzene rings is 2. The van der Waals surface area contributed by atoms with E-state index in [0.717, 1.165) is 27.3 Å². The lowest BCUT2D eigenvalue weighted by Gasteiger charge is -2.52. The molecule has 0 radical (unpaired) electrons. The first kappa shape index (κ1) is 17.8. The zero-order chi connectivity index (χ0) is 20.5. The van der Waals surface area contributed by atoms with E-state index < -0.39 is 29.3 Å². The van der Waals surface area contributed by atoms with Gasteiger partial charge in [-0.15, -0.1) is 0 Å². The van der Waals surface area contributed by atoms with Crippen molar-refractivity contribution in [2.75, 3.05) is 0 Å². The molecule has 2 bridgehead atoms. The average Bonchev–Trinajstić information content (AvgIpc) is 2.94. The lowest BCUT2D eigenvalue weighted by molar-refractivity contribution is -0.167. The predicted molar refractivity (Wildman–Crippen MR) is 105 cm³/mol. The molecule has 0 saturated carbocycles. The molecule has 6 nitrogen and oxygen atoms in total. The summed E-state index contributed by atoms with van der Waals surface area (Å²) in [6.07, 6.45) is 0. The largest absolute Gasteiger partial charge is 0.448 e. The highest BCUT2D eigenvalue weighted by atomic mass is 16.6. The van der Waals surface area contributed by atoms with Gasteiger partial charge in [0, 0.05) is 29.7 Å². The third-order valence-electron chi connectivity index (χ3n) is 6.12. The molecule has 0 unspecified atom stereocenters. The first-order chi connectivity index (χ1) is 13.9.